The van der Waals surface area contributed by atoms with Crippen molar-refractivity contribution in [1.82, 2.24) is 0 Å². The van der Waals surface area contributed by atoms with Crippen LogP contribution in [0.2, 0.25) is 10.6 Å². The molecule has 0 aliphatic heterocycles. The number of hydrogen-bond donors (Lipinski definition) is 0. The molecule has 11 heavy (non-hydrogen) atoms. The van der Waals surface area contributed by atoms with Gasteiger partial charge in [-0.1, -0.05) is 33.9 Å². The summed E-state index contributed by atoms with van der Waals surface area (Å²) in [5.41, 5.74) is 2.91. The molecule has 0 nitrogen and oxygen atoms in total. The van der Waals surface area contributed by atoms with Crippen molar-refractivity contribution < 1.29 is 0 Å². The molecule has 0 atom stereocenters. The Hall–Kier alpha value is 0.0125. The Morgan fingerprint density at radius 1 is 0.909 bits per heavy atom. The maximum absolute atomic E-state index is 2.34. The van der Waals surface area contributed by atoms with E-state index in [0.29, 0.717) is 15.2 Å². The van der Waals surface area contributed by atoms with Gasteiger partial charge in [0, 0.05) is 0 Å². The first-order valence-corrected chi connectivity index (χ1v) is 5.84. The summed E-state index contributed by atoms with van der Waals surface area (Å²) in [6.45, 7) is 8.67. The van der Waals surface area contributed by atoms with Gasteiger partial charge in [0.25, 0.3) is 0 Å². The summed E-state index contributed by atoms with van der Waals surface area (Å²) in [5.74, 6) is 0. The quantitative estimate of drug-likeness (QED) is 0.340. The molecule has 0 bridgehead atoms. The van der Waals surface area contributed by atoms with E-state index in [4.69, 9.17) is 0 Å². The van der Waals surface area contributed by atoms with Gasteiger partial charge >= 0.3 is 0 Å². The summed E-state index contributed by atoms with van der Waals surface area (Å²) in [4.78, 5) is 0. The monoisotopic (exact) mass is 165 g/mol. The molecule has 0 aliphatic rings. The molecule has 0 aromatic rings. The Labute approximate surface area is 77.1 Å². The van der Waals surface area contributed by atoms with E-state index >= 15 is 0 Å². The van der Waals surface area contributed by atoms with Gasteiger partial charge in [-0.3, -0.25) is 0 Å². The molecule has 1 radical (unpaired) electrons. The molecule has 0 unspecified atom stereocenters. The van der Waals surface area contributed by atoms with Gasteiger partial charge < -0.3 is 0 Å². The van der Waals surface area contributed by atoms with Crippen LogP contribution in [0, 0.1) is 0 Å². The highest BCUT2D eigenvalue weighted by atomic mass is 27.1. The molecule has 61 valence electrons. The highest BCUT2D eigenvalue weighted by molar-refractivity contribution is 6.36. The van der Waals surface area contributed by atoms with Crippen LogP contribution in [0.3, 0.4) is 0 Å². The molecule has 0 spiro atoms. The minimum absolute atomic E-state index is 0.619. The predicted molar refractivity (Wildman–Crippen MR) is 54.2 cm³/mol. The fraction of sp³-hybridized carbons (Fsp3) is 0.600. The van der Waals surface area contributed by atoms with E-state index < -0.39 is 0 Å². The summed E-state index contributed by atoms with van der Waals surface area (Å²) in [6.07, 6.45) is 4.68. The maximum atomic E-state index is 2.34. The first kappa shape index (κ1) is 11.0. The summed E-state index contributed by atoms with van der Waals surface area (Å²) >= 11 is 0.619. The van der Waals surface area contributed by atoms with Crippen molar-refractivity contribution in [3.63, 3.8) is 0 Å². The molecule has 0 saturated carbocycles. The van der Waals surface area contributed by atoms with E-state index in [9.17, 15) is 0 Å². The Balaban J connectivity index is 3.29. The molecule has 0 N–H and O–H groups in total. The molecule has 0 heterocycles. The van der Waals surface area contributed by atoms with Gasteiger partial charge in [0.05, 0.1) is 0 Å². The van der Waals surface area contributed by atoms with Crippen LogP contribution in [-0.2, 0) is 0 Å². The Bertz CT molecular complexity index is 128. The molecule has 0 rings (SSSR count). The van der Waals surface area contributed by atoms with Gasteiger partial charge in [-0.25, -0.2) is 0 Å². The van der Waals surface area contributed by atoms with E-state index in [1.54, 1.807) is 0 Å². The molecule has 0 aromatic carbocycles. The average molecular weight is 165 g/mol. The normalized spacial score (nSPS) is 8.73. The number of allylic oxidation sites excluding steroid dienone is 4. The lowest BCUT2D eigenvalue weighted by Crippen LogP contribution is -1.83. The molecule has 0 aliphatic carbocycles. The van der Waals surface area contributed by atoms with Crippen LogP contribution in [0.15, 0.2) is 23.3 Å². The van der Waals surface area contributed by atoms with Crippen LogP contribution < -0.4 is 0 Å². The molecule has 0 amide bonds. The van der Waals surface area contributed by atoms with E-state index in [-0.39, 0.29) is 0 Å². The lowest BCUT2D eigenvalue weighted by Gasteiger charge is -1.91. The molecular formula is C10H18Al. The molecule has 0 saturated heterocycles. The second kappa shape index (κ2) is 6.71. The second-order valence-electron chi connectivity index (χ2n) is 3.32. The van der Waals surface area contributed by atoms with E-state index in [1.807, 2.05) is 0 Å². The minimum atomic E-state index is 0.619. The van der Waals surface area contributed by atoms with Crippen LogP contribution in [0.5, 0.6) is 0 Å². The van der Waals surface area contributed by atoms with Crippen molar-refractivity contribution >= 4 is 15.2 Å². The lowest BCUT2D eigenvalue weighted by atomic mass is 10.3. The number of hydrogen-bond acceptors (Lipinski definition) is 0. The summed E-state index contributed by atoms with van der Waals surface area (Å²) in [5, 5.41) is 2.62. The standard InChI is InChI=1S/2C5H9.Al/c2*1-4-5(2)3;/h2*4H,1H2,2-3H3;. The van der Waals surface area contributed by atoms with Crippen molar-refractivity contribution in [2.75, 3.05) is 0 Å². The van der Waals surface area contributed by atoms with Gasteiger partial charge in [0.2, 0.25) is 15.2 Å². The van der Waals surface area contributed by atoms with Gasteiger partial charge in [-0.15, -0.1) is 0 Å². The summed E-state index contributed by atoms with van der Waals surface area (Å²) < 4.78 is 0. The smallest absolute Gasteiger partial charge is 0.0998 e. The fourth-order valence-corrected chi connectivity index (χ4v) is 2.20. The largest absolute Gasteiger partial charge is 0.212 e. The van der Waals surface area contributed by atoms with Crippen LogP contribution in [-0.4, -0.2) is 15.2 Å². The average Bonchev–Trinajstić information content (AvgIpc) is 1.85. The van der Waals surface area contributed by atoms with Crippen LogP contribution in [0.4, 0.5) is 0 Å². The van der Waals surface area contributed by atoms with E-state index in [1.165, 1.54) is 21.7 Å². The van der Waals surface area contributed by atoms with Crippen LogP contribution in [0.1, 0.15) is 27.7 Å². The molecule has 0 aromatic heterocycles. The zero-order valence-electron chi connectivity index (χ0n) is 8.15. The zero-order valence-corrected chi connectivity index (χ0v) is 9.30. The van der Waals surface area contributed by atoms with Crippen molar-refractivity contribution in [1.29, 1.82) is 0 Å². The van der Waals surface area contributed by atoms with Gasteiger partial charge in [0.15, 0.2) is 0 Å². The van der Waals surface area contributed by atoms with Gasteiger partial charge in [-0.05, 0) is 27.7 Å². The van der Waals surface area contributed by atoms with Crippen molar-refractivity contribution in [3.8, 4) is 0 Å². The predicted octanol–water partition coefficient (Wildman–Crippen LogP) is 3.46. The van der Waals surface area contributed by atoms with Gasteiger partial charge in [0.1, 0.15) is 0 Å². The Morgan fingerprint density at radius 3 is 1.55 bits per heavy atom. The third-order valence-electron chi connectivity index (χ3n) is 1.39. The Morgan fingerprint density at radius 2 is 1.27 bits per heavy atom. The SMILES string of the molecule is CC(C)=C[CH2][Al][CH2]C=C(C)C. The third kappa shape index (κ3) is 10.0. The van der Waals surface area contributed by atoms with Crippen LogP contribution in [0.25, 0.3) is 0 Å². The van der Waals surface area contributed by atoms with E-state index in [0.717, 1.165) is 0 Å². The first-order valence-electron chi connectivity index (χ1n) is 4.21. The zero-order chi connectivity index (χ0) is 8.69. The highest BCUT2D eigenvalue weighted by Gasteiger charge is 1.86. The molecule has 1 heteroatoms. The highest BCUT2D eigenvalue weighted by Crippen LogP contribution is 1.97. The lowest BCUT2D eigenvalue weighted by molar-refractivity contribution is 1.34. The van der Waals surface area contributed by atoms with Crippen LogP contribution >= 0.6 is 0 Å². The van der Waals surface area contributed by atoms with Gasteiger partial charge in [-0.2, -0.15) is 0 Å². The minimum Gasteiger partial charge on any atom is -0.0998 e. The topological polar surface area (TPSA) is 0 Å². The summed E-state index contributed by atoms with van der Waals surface area (Å²) in [7, 11) is 0. The second-order valence-corrected chi connectivity index (χ2v) is 4.84. The summed E-state index contributed by atoms with van der Waals surface area (Å²) in [6, 6.07) is 0. The number of rotatable bonds is 4. The third-order valence-corrected chi connectivity index (χ3v) is 2.52. The molecular weight excluding hydrogens is 147 g/mol. The maximum Gasteiger partial charge on any atom is 0.212 e. The van der Waals surface area contributed by atoms with Crippen molar-refractivity contribution in [2.45, 2.75) is 38.3 Å². The molecule has 0 fully saturated rings. The van der Waals surface area contributed by atoms with Crippen molar-refractivity contribution in [3.05, 3.63) is 23.3 Å². The van der Waals surface area contributed by atoms with E-state index in [2.05, 4.69) is 39.8 Å². The Kier molecular flexibility index (Phi) is 6.71. The fourth-order valence-electron chi connectivity index (χ4n) is 0.734. The first-order chi connectivity index (χ1) is 5.13. The van der Waals surface area contributed by atoms with Crippen molar-refractivity contribution in [2.24, 2.45) is 0 Å².